The van der Waals surface area contributed by atoms with Crippen molar-refractivity contribution < 1.29 is 14.0 Å². The second kappa shape index (κ2) is 5.35. The largest absolute Gasteiger partial charge is 0.463 e. The maximum atomic E-state index is 12.6. The van der Waals surface area contributed by atoms with E-state index in [1.807, 2.05) is 30.3 Å². The normalized spacial score (nSPS) is 14.7. The zero-order chi connectivity index (χ0) is 15.8. The first-order valence-corrected chi connectivity index (χ1v) is 7.47. The van der Waals surface area contributed by atoms with Crippen LogP contribution >= 0.6 is 0 Å². The number of Topliss-reactive ketones (excluding diaryl/α,β-unsaturated/α-hetero) is 1. The molecule has 0 bridgehead atoms. The van der Waals surface area contributed by atoms with E-state index in [-0.39, 0.29) is 17.7 Å². The molecule has 5 heteroatoms. The molecule has 0 saturated heterocycles. The molecule has 2 heterocycles. The van der Waals surface area contributed by atoms with Crippen LogP contribution in [0.4, 0.5) is 0 Å². The van der Waals surface area contributed by atoms with Crippen LogP contribution in [-0.4, -0.2) is 22.7 Å². The van der Waals surface area contributed by atoms with Crippen LogP contribution in [0.3, 0.4) is 0 Å². The molecule has 4 rings (SSSR count). The van der Waals surface area contributed by atoms with Gasteiger partial charge in [0.15, 0.2) is 5.76 Å². The first-order valence-electron chi connectivity index (χ1n) is 7.47. The zero-order valence-corrected chi connectivity index (χ0v) is 12.3. The summed E-state index contributed by atoms with van der Waals surface area (Å²) in [5.41, 5.74) is 1.89. The second-order valence-corrected chi connectivity index (χ2v) is 5.67. The maximum Gasteiger partial charge on any atom is 0.252 e. The third-order valence-corrected chi connectivity index (χ3v) is 4.02. The molecule has 1 aliphatic rings. The molecule has 1 fully saturated rings. The Labute approximate surface area is 132 Å². The topological polar surface area (TPSA) is 72.2 Å². The van der Waals surface area contributed by atoms with Crippen molar-refractivity contribution in [1.82, 2.24) is 10.3 Å². The molecule has 1 aliphatic carbocycles. The third kappa shape index (κ3) is 2.50. The Hall–Kier alpha value is -2.95. The lowest BCUT2D eigenvalue weighted by Gasteiger charge is -2.25. The number of hydrogen-bond donors (Lipinski definition) is 1. The van der Waals surface area contributed by atoms with Gasteiger partial charge in [0.25, 0.3) is 5.91 Å². The molecule has 1 aromatic carbocycles. The van der Waals surface area contributed by atoms with Crippen molar-refractivity contribution >= 4 is 22.6 Å². The Balaban J connectivity index is 1.77. The van der Waals surface area contributed by atoms with Gasteiger partial charge in [-0.3, -0.25) is 9.59 Å². The summed E-state index contributed by atoms with van der Waals surface area (Å²) in [7, 11) is 0. The van der Waals surface area contributed by atoms with Gasteiger partial charge in [0.1, 0.15) is 11.5 Å². The Kier molecular flexibility index (Phi) is 3.19. The maximum absolute atomic E-state index is 12.6. The van der Waals surface area contributed by atoms with E-state index in [2.05, 4.69) is 10.3 Å². The lowest BCUT2D eigenvalue weighted by molar-refractivity contribution is -0.124. The number of carbonyl (C=O) groups is 2. The minimum Gasteiger partial charge on any atom is -0.463 e. The Morgan fingerprint density at radius 2 is 2.00 bits per heavy atom. The summed E-state index contributed by atoms with van der Waals surface area (Å²) in [5, 5.41) is 3.69. The number of fused-ring (bicyclic) bond motifs is 1. The number of pyridine rings is 1. The monoisotopic (exact) mass is 306 g/mol. The predicted octanol–water partition coefficient (Wildman–Crippen LogP) is 2.96. The zero-order valence-electron chi connectivity index (χ0n) is 12.3. The van der Waals surface area contributed by atoms with Gasteiger partial charge in [-0.1, -0.05) is 18.2 Å². The van der Waals surface area contributed by atoms with Crippen LogP contribution in [0.1, 0.15) is 23.2 Å². The van der Waals surface area contributed by atoms with Crippen LogP contribution in [0.15, 0.2) is 53.1 Å². The van der Waals surface area contributed by atoms with Crippen molar-refractivity contribution in [2.45, 2.75) is 18.9 Å². The van der Waals surface area contributed by atoms with Gasteiger partial charge >= 0.3 is 0 Å². The molecule has 5 nitrogen and oxygen atoms in total. The molecule has 114 valence electrons. The van der Waals surface area contributed by atoms with Crippen LogP contribution < -0.4 is 5.32 Å². The molecule has 0 aliphatic heterocycles. The molecule has 1 N–H and O–H groups in total. The quantitative estimate of drug-likeness (QED) is 0.807. The smallest absolute Gasteiger partial charge is 0.252 e. The van der Waals surface area contributed by atoms with Gasteiger partial charge in [-0.25, -0.2) is 4.98 Å². The SMILES string of the molecule is O=C1CC(NC(=O)c2cc(-c3ccco3)nc3ccccc23)C1. The fourth-order valence-corrected chi connectivity index (χ4v) is 2.77. The molecule has 0 radical (unpaired) electrons. The van der Waals surface area contributed by atoms with Gasteiger partial charge in [0.2, 0.25) is 0 Å². The third-order valence-electron chi connectivity index (χ3n) is 4.02. The van der Waals surface area contributed by atoms with E-state index in [0.29, 0.717) is 29.9 Å². The number of nitrogens with zero attached hydrogens (tertiary/aromatic N) is 1. The molecule has 3 aromatic rings. The molecule has 1 saturated carbocycles. The number of rotatable bonds is 3. The molecule has 23 heavy (non-hydrogen) atoms. The van der Waals surface area contributed by atoms with E-state index >= 15 is 0 Å². The summed E-state index contributed by atoms with van der Waals surface area (Å²) in [6, 6.07) is 12.8. The number of hydrogen-bond acceptors (Lipinski definition) is 4. The molecule has 2 aromatic heterocycles. The summed E-state index contributed by atoms with van der Waals surface area (Å²) >= 11 is 0. The number of amides is 1. The number of aromatic nitrogens is 1. The van der Waals surface area contributed by atoms with E-state index < -0.39 is 0 Å². The van der Waals surface area contributed by atoms with Crippen molar-refractivity contribution in [3.05, 3.63) is 54.3 Å². The summed E-state index contributed by atoms with van der Waals surface area (Å²) in [6.07, 6.45) is 2.41. The van der Waals surface area contributed by atoms with Gasteiger partial charge in [0, 0.05) is 24.3 Å². The Bertz CT molecular complexity index is 892. The summed E-state index contributed by atoms with van der Waals surface area (Å²) < 4.78 is 5.39. The highest BCUT2D eigenvalue weighted by atomic mass is 16.3. The summed E-state index contributed by atoms with van der Waals surface area (Å²) in [5.74, 6) is 0.615. The lowest BCUT2D eigenvalue weighted by Crippen LogP contribution is -2.44. The van der Waals surface area contributed by atoms with E-state index in [0.717, 1.165) is 10.9 Å². The van der Waals surface area contributed by atoms with Crippen molar-refractivity contribution in [2.24, 2.45) is 0 Å². The summed E-state index contributed by atoms with van der Waals surface area (Å²) in [6.45, 7) is 0. The van der Waals surface area contributed by atoms with Crippen molar-refractivity contribution in [3.8, 4) is 11.5 Å². The highest BCUT2D eigenvalue weighted by Crippen LogP contribution is 2.25. The average Bonchev–Trinajstić information content (AvgIpc) is 3.06. The van der Waals surface area contributed by atoms with E-state index in [4.69, 9.17) is 4.42 Å². The van der Waals surface area contributed by atoms with E-state index in [1.165, 1.54) is 0 Å². The average molecular weight is 306 g/mol. The molecule has 0 spiro atoms. The van der Waals surface area contributed by atoms with Gasteiger partial charge in [-0.05, 0) is 24.3 Å². The van der Waals surface area contributed by atoms with Crippen LogP contribution in [0.25, 0.3) is 22.4 Å². The van der Waals surface area contributed by atoms with Crippen molar-refractivity contribution in [3.63, 3.8) is 0 Å². The number of carbonyl (C=O) groups excluding carboxylic acids is 2. The first kappa shape index (κ1) is 13.7. The highest BCUT2D eigenvalue weighted by Gasteiger charge is 2.28. The van der Waals surface area contributed by atoms with Gasteiger partial charge in [-0.15, -0.1) is 0 Å². The Morgan fingerprint density at radius 1 is 1.17 bits per heavy atom. The van der Waals surface area contributed by atoms with Crippen LogP contribution in [0.2, 0.25) is 0 Å². The van der Waals surface area contributed by atoms with Crippen molar-refractivity contribution in [1.29, 1.82) is 0 Å². The molecule has 1 amide bonds. The minimum absolute atomic E-state index is 0.0611. The predicted molar refractivity (Wildman–Crippen MR) is 84.9 cm³/mol. The minimum atomic E-state index is -0.186. The van der Waals surface area contributed by atoms with Crippen LogP contribution in [-0.2, 0) is 4.79 Å². The Morgan fingerprint density at radius 3 is 2.74 bits per heavy atom. The standard InChI is InChI=1S/C18H14N2O3/c21-12-8-11(9-12)19-18(22)14-10-16(17-6-3-7-23-17)20-15-5-2-1-4-13(14)15/h1-7,10-11H,8-9H2,(H,19,22). The first-order chi connectivity index (χ1) is 11.2. The molecular formula is C18H14N2O3. The molecular weight excluding hydrogens is 292 g/mol. The molecule has 0 unspecified atom stereocenters. The van der Waals surface area contributed by atoms with Crippen LogP contribution in [0, 0.1) is 0 Å². The second-order valence-electron chi connectivity index (χ2n) is 5.67. The summed E-state index contributed by atoms with van der Waals surface area (Å²) in [4.78, 5) is 28.2. The van der Waals surface area contributed by atoms with E-state index in [9.17, 15) is 9.59 Å². The van der Waals surface area contributed by atoms with Crippen LogP contribution in [0.5, 0.6) is 0 Å². The fraction of sp³-hybridized carbons (Fsp3) is 0.167. The number of nitrogens with one attached hydrogen (secondary N) is 1. The number of furan rings is 1. The van der Waals surface area contributed by atoms with Gasteiger partial charge in [-0.2, -0.15) is 0 Å². The van der Waals surface area contributed by atoms with Gasteiger partial charge < -0.3 is 9.73 Å². The number of benzene rings is 1. The fourth-order valence-electron chi connectivity index (χ4n) is 2.77. The number of ketones is 1. The van der Waals surface area contributed by atoms with Gasteiger partial charge in [0.05, 0.1) is 17.3 Å². The molecule has 0 atom stereocenters. The number of para-hydroxylation sites is 1. The van der Waals surface area contributed by atoms with E-state index in [1.54, 1.807) is 18.4 Å². The lowest BCUT2D eigenvalue weighted by atomic mass is 9.91. The van der Waals surface area contributed by atoms with Crippen molar-refractivity contribution in [2.75, 3.05) is 0 Å². The highest BCUT2D eigenvalue weighted by molar-refractivity contribution is 6.07.